The maximum Gasteiger partial charge on any atom is 0.238 e. The normalized spacial score (nSPS) is 17.9. The van der Waals surface area contributed by atoms with Crippen molar-refractivity contribution in [2.24, 2.45) is 11.7 Å². The molecule has 0 bridgehead atoms. The lowest BCUT2D eigenvalue weighted by Gasteiger charge is -2.31. The molecule has 1 amide bonds. The lowest BCUT2D eigenvalue weighted by molar-refractivity contribution is -0.124. The molecule has 1 aromatic rings. The Hall–Kier alpha value is -1.07. The van der Waals surface area contributed by atoms with Gasteiger partial charge in [-0.3, -0.25) is 4.79 Å². The molecule has 4 nitrogen and oxygen atoms in total. The van der Waals surface area contributed by atoms with Gasteiger partial charge in [0.25, 0.3) is 0 Å². The van der Waals surface area contributed by atoms with Crippen LogP contribution >= 0.6 is 11.8 Å². The minimum Gasteiger partial charge on any atom is -0.368 e. The van der Waals surface area contributed by atoms with Crippen molar-refractivity contribution >= 4 is 17.7 Å². The molecule has 0 radical (unpaired) electrons. The number of nitrogens with two attached hydrogens (primary N) is 1. The summed E-state index contributed by atoms with van der Waals surface area (Å²) in [7, 11) is 0. The van der Waals surface area contributed by atoms with Crippen molar-refractivity contribution in [3.63, 3.8) is 0 Å². The van der Waals surface area contributed by atoms with Gasteiger partial charge in [-0.15, -0.1) is 11.8 Å². The van der Waals surface area contributed by atoms with Crippen molar-refractivity contribution in [1.82, 2.24) is 10.3 Å². The van der Waals surface area contributed by atoms with Gasteiger partial charge in [-0.05, 0) is 43.9 Å². The van der Waals surface area contributed by atoms with Gasteiger partial charge in [0.05, 0.1) is 5.03 Å². The number of nitrogens with one attached hydrogen (secondary N) is 1. The Morgan fingerprint density at radius 3 is 2.89 bits per heavy atom. The molecule has 1 saturated carbocycles. The van der Waals surface area contributed by atoms with Crippen LogP contribution in [-0.4, -0.2) is 28.7 Å². The molecule has 1 fully saturated rings. The predicted octanol–water partition coefficient (Wildman–Crippen LogP) is 1.81. The number of pyridine rings is 1. The van der Waals surface area contributed by atoms with Crippen molar-refractivity contribution in [3.05, 3.63) is 24.4 Å². The fraction of sp³-hybridized carbons (Fsp3) is 0.571. The largest absolute Gasteiger partial charge is 0.368 e. The summed E-state index contributed by atoms with van der Waals surface area (Å²) < 4.78 is 0. The van der Waals surface area contributed by atoms with Crippen LogP contribution in [0, 0.1) is 5.92 Å². The SMILES string of the molecule is CCCNC(CSc1ccccn1)(C(N)=O)C1CC1. The van der Waals surface area contributed by atoms with Gasteiger partial charge in [0.1, 0.15) is 5.54 Å². The average Bonchev–Trinajstić information content (AvgIpc) is 3.25. The number of carbonyl (C=O) groups is 1. The molecule has 5 heteroatoms. The van der Waals surface area contributed by atoms with E-state index in [1.807, 2.05) is 18.2 Å². The predicted molar refractivity (Wildman–Crippen MR) is 77.9 cm³/mol. The third-order valence-corrected chi connectivity index (χ3v) is 4.63. The zero-order valence-electron chi connectivity index (χ0n) is 11.3. The van der Waals surface area contributed by atoms with Crippen LogP contribution in [0.15, 0.2) is 29.4 Å². The van der Waals surface area contributed by atoms with Crippen LogP contribution in [0.25, 0.3) is 0 Å². The van der Waals surface area contributed by atoms with Crippen LogP contribution in [0.4, 0.5) is 0 Å². The second-order valence-corrected chi connectivity index (χ2v) is 5.99. The third-order valence-electron chi connectivity index (χ3n) is 3.49. The van der Waals surface area contributed by atoms with Crippen LogP contribution < -0.4 is 11.1 Å². The molecule has 104 valence electrons. The fourth-order valence-electron chi connectivity index (χ4n) is 2.22. The van der Waals surface area contributed by atoms with E-state index in [0.29, 0.717) is 11.7 Å². The number of carbonyl (C=O) groups excluding carboxylic acids is 1. The van der Waals surface area contributed by atoms with E-state index in [9.17, 15) is 4.79 Å². The lowest BCUT2D eigenvalue weighted by atomic mass is 9.94. The Kier molecular flexibility index (Phi) is 4.82. The van der Waals surface area contributed by atoms with Gasteiger partial charge in [0, 0.05) is 11.9 Å². The summed E-state index contributed by atoms with van der Waals surface area (Å²) in [5.74, 6) is 0.809. The number of primary amides is 1. The standard InChI is InChI=1S/C14H21N3OS/c1-2-8-17-14(13(15)18,11-6-7-11)10-19-12-5-3-4-9-16-12/h3-5,9,11,17H,2,6-8,10H2,1H3,(H2,15,18). The maximum absolute atomic E-state index is 12.0. The minimum absolute atomic E-state index is 0.230. The van der Waals surface area contributed by atoms with Crippen molar-refractivity contribution in [1.29, 1.82) is 0 Å². The highest BCUT2D eigenvalue weighted by Crippen LogP contribution is 2.42. The first kappa shape index (κ1) is 14.3. The smallest absolute Gasteiger partial charge is 0.238 e. The Bertz CT molecular complexity index is 422. The molecule has 0 aromatic carbocycles. The second-order valence-electron chi connectivity index (χ2n) is 4.99. The molecule has 1 unspecified atom stereocenters. The Morgan fingerprint density at radius 1 is 1.58 bits per heavy atom. The van der Waals surface area contributed by atoms with Gasteiger partial charge in [-0.1, -0.05) is 13.0 Å². The van der Waals surface area contributed by atoms with E-state index in [2.05, 4.69) is 17.2 Å². The van der Waals surface area contributed by atoms with Gasteiger partial charge in [0.15, 0.2) is 0 Å². The quantitative estimate of drug-likeness (QED) is 0.712. The van der Waals surface area contributed by atoms with Gasteiger partial charge < -0.3 is 11.1 Å². The summed E-state index contributed by atoms with van der Waals surface area (Å²) >= 11 is 1.60. The summed E-state index contributed by atoms with van der Waals surface area (Å²) in [6.07, 6.45) is 4.94. The number of amides is 1. The van der Waals surface area contributed by atoms with Gasteiger partial charge in [-0.2, -0.15) is 0 Å². The topological polar surface area (TPSA) is 68.0 Å². The summed E-state index contributed by atoms with van der Waals surface area (Å²) in [6.45, 7) is 2.92. The highest BCUT2D eigenvalue weighted by atomic mass is 32.2. The Morgan fingerprint density at radius 2 is 2.37 bits per heavy atom. The van der Waals surface area contributed by atoms with Crippen LogP contribution in [0.3, 0.4) is 0 Å². The number of hydrogen-bond acceptors (Lipinski definition) is 4. The number of hydrogen-bond donors (Lipinski definition) is 2. The van der Waals surface area contributed by atoms with E-state index in [1.165, 1.54) is 0 Å². The highest BCUT2D eigenvalue weighted by molar-refractivity contribution is 7.99. The summed E-state index contributed by atoms with van der Waals surface area (Å²) in [4.78, 5) is 16.2. The zero-order valence-corrected chi connectivity index (χ0v) is 12.1. The highest BCUT2D eigenvalue weighted by Gasteiger charge is 2.49. The molecule has 1 heterocycles. The average molecular weight is 279 g/mol. The fourth-order valence-corrected chi connectivity index (χ4v) is 3.38. The summed E-state index contributed by atoms with van der Waals surface area (Å²) in [5.41, 5.74) is 5.11. The second kappa shape index (κ2) is 6.39. The molecule has 3 N–H and O–H groups in total. The summed E-state index contributed by atoms with van der Waals surface area (Å²) in [6, 6.07) is 5.81. The molecule has 1 aromatic heterocycles. The van der Waals surface area contributed by atoms with E-state index in [1.54, 1.807) is 18.0 Å². The van der Waals surface area contributed by atoms with Crippen molar-refractivity contribution < 1.29 is 4.79 Å². The molecule has 2 rings (SSSR count). The molecule has 1 aliphatic rings. The molecule has 1 atom stereocenters. The van der Waals surface area contributed by atoms with Crippen LogP contribution in [0.1, 0.15) is 26.2 Å². The van der Waals surface area contributed by atoms with E-state index in [0.717, 1.165) is 30.8 Å². The Balaban J connectivity index is 2.06. The molecule has 0 aliphatic heterocycles. The molecular weight excluding hydrogens is 258 g/mol. The summed E-state index contributed by atoms with van der Waals surface area (Å²) in [5, 5.41) is 4.33. The molecule has 19 heavy (non-hydrogen) atoms. The van der Waals surface area contributed by atoms with Gasteiger partial charge >= 0.3 is 0 Å². The number of rotatable bonds is 8. The van der Waals surface area contributed by atoms with E-state index in [-0.39, 0.29) is 5.91 Å². The van der Waals surface area contributed by atoms with Crippen LogP contribution in [0.5, 0.6) is 0 Å². The van der Waals surface area contributed by atoms with E-state index >= 15 is 0 Å². The monoisotopic (exact) mass is 279 g/mol. The zero-order chi connectivity index (χ0) is 13.7. The molecule has 1 aliphatic carbocycles. The molecule has 0 saturated heterocycles. The number of aromatic nitrogens is 1. The lowest BCUT2D eigenvalue weighted by Crippen LogP contribution is -2.59. The van der Waals surface area contributed by atoms with Crippen molar-refractivity contribution in [2.75, 3.05) is 12.3 Å². The number of nitrogens with zero attached hydrogens (tertiary/aromatic N) is 1. The third kappa shape index (κ3) is 3.48. The van der Waals surface area contributed by atoms with Crippen LogP contribution in [0.2, 0.25) is 0 Å². The van der Waals surface area contributed by atoms with Gasteiger partial charge in [0.2, 0.25) is 5.91 Å². The van der Waals surface area contributed by atoms with E-state index < -0.39 is 5.54 Å². The maximum atomic E-state index is 12.0. The first-order chi connectivity index (χ1) is 9.19. The first-order valence-electron chi connectivity index (χ1n) is 6.78. The van der Waals surface area contributed by atoms with Crippen molar-refractivity contribution in [3.8, 4) is 0 Å². The van der Waals surface area contributed by atoms with Crippen LogP contribution in [-0.2, 0) is 4.79 Å². The Labute approximate surface area is 118 Å². The van der Waals surface area contributed by atoms with Gasteiger partial charge in [-0.25, -0.2) is 4.98 Å². The minimum atomic E-state index is -0.571. The molecule has 0 spiro atoms. The first-order valence-corrected chi connectivity index (χ1v) is 7.76. The molecular formula is C14H21N3OS. The van der Waals surface area contributed by atoms with Crippen molar-refractivity contribution in [2.45, 2.75) is 36.8 Å². The number of thioether (sulfide) groups is 1. The van der Waals surface area contributed by atoms with E-state index in [4.69, 9.17) is 5.73 Å².